The molecule has 6 aromatic rings. The maximum atomic E-state index is 4.87. The van der Waals surface area contributed by atoms with Crippen LogP contribution in [0.25, 0.3) is 38.8 Å². The van der Waals surface area contributed by atoms with Gasteiger partial charge in [0.2, 0.25) is 0 Å². The first kappa shape index (κ1) is 22.1. The zero-order valence-electron chi connectivity index (χ0n) is 21.1. The molecule has 0 aliphatic heterocycles. The van der Waals surface area contributed by atoms with Crippen molar-refractivity contribution in [3.05, 3.63) is 114 Å². The molecular formula is C33H30N4. The van der Waals surface area contributed by atoms with E-state index in [2.05, 4.69) is 99.7 Å². The van der Waals surface area contributed by atoms with Gasteiger partial charge in [-0.15, -0.1) is 0 Å². The molecule has 3 aromatic heterocycles. The Labute approximate surface area is 217 Å². The fourth-order valence-electron chi connectivity index (χ4n) is 6.41. The Bertz CT molecular complexity index is 1720. The molecule has 7 rings (SSSR count). The average Bonchev–Trinajstić information content (AvgIpc) is 3.55. The molecule has 3 aromatic carbocycles. The van der Waals surface area contributed by atoms with Crippen LogP contribution in [-0.2, 0) is 5.41 Å². The van der Waals surface area contributed by atoms with Crippen LogP contribution in [0.15, 0.2) is 97.2 Å². The summed E-state index contributed by atoms with van der Waals surface area (Å²) in [5, 5.41) is 10.1. The highest BCUT2D eigenvalue weighted by Crippen LogP contribution is 2.45. The van der Waals surface area contributed by atoms with E-state index in [4.69, 9.17) is 4.98 Å². The summed E-state index contributed by atoms with van der Waals surface area (Å²) in [5.41, 5.74) is 9.31. The van der Waals surface area contributed by atoms with Crippen LogP contribution in [0.5, 0.6) is 0 Å². The Morgan fingerprint density at radius 1 is 0.757 bits per heavy atom. The fourth-order valence-corrected chi connectivity index (χ4v) is 6.41. The molecule has 0 bridgehead atoms. The van der Waals surface area contributed by atoms with Crippen molar-refractivity contribution in [1.82, 2.24) is 19.7 Å². The number of aromatic nitrogens is 4. The lowest BCUT2D eigenvalue weighted by Gasteiger charge is -2.37. The van der Waals surface area contributed by atoms with E-state index < -0.39 is 0 Å². The number of nitrogens with one attached hydrogen (secondary N) is 1. The van der Waals surface area contributed by atoms with E-state index in [-0.39, 0.29) is 5.41 Å². The van der Waals surface area contributed by atoms with Crippen LogP contribution >= 0.6 is 0 Å². The summed E-state index contributed by atoms with van der Waals surface area (Å²) in [6.45, 7) is 2.04. The molecule has 0 amide bonds. The van der Waals surface area contributed by atoms with Gasteiger partial charge in [-0.3, -0.25) is 10.1 Å². The molecule has 1 aliphatic rings. The number of pyridine rings is 1. The van der Waals surface area contributed by atoms with Gasteiger partial charge >= 0.3 is 0 Å². The summed E-state index contributed by atoms with van der Waals surface area (Å²) in [7, 11) is 0. The van der Waals surface area contributed by atoms with Crippen LogP contribution in [-0.4, -0.2) is 19.7 Å². The van der Waals surface area contributed by atoms with Crippen molar-refractivity contribution in [1.29, 1.82) is 0 Å². The van der Waals surface area contributed by atoms with Crippen LogP contribution in [0, 0.1) is 6.92 Å². The van der Waals surface area contributed by atoms with Crippen molar-refractivity contribution >= 4 is 21.8 Å². The highest BCUT2D eigenvalue weighted by molar-refractivity contribution is 6.10. The normalized spacial score (nSPS) is 15.4. The van der Waals surface area contributed by atoms with Crippen LogP contribution < -0.4 is 0 Å². The molecule has 37 heavy (non-hydrogen) atoms. The Hall–Kier alpha value is -4.18. The van der Waals surface area contributed by atoms with E-state index in [1.54, 1.807) is 0 Å². The SMILES string of the molecule is Cc1cc(-c2ccc3c4ccccc4n(-c4cccc(C5(c6ccccn6)CCCCC5)c4)c3c2)n[nH]1. The molecule has 1 saturated carbocycles. The third-order valence-electron chi connectivity index (χ3n) is 8.19. The number of hydrogen-bond donors (Lipinski definition) is 1. The lowest BCUT2D eigenvalue weighted by molar-refractivity contribution is 0.338. The smallest absolute Gasteiger partial charge is 0.0924 e. The third kappa shape index (κ3) is 3.59. The van der Waals surface area contributed by atoms with Gasteiger partial charge in [-0.1, -0.05) is 67.8 Å². The van der Waals surface area contributed by atoms with Gasteiger partial charge in [0.05, 0.1) is 22.4 Å². The molecule has 3 heterocycles. The number of benzene rings is 3. The number of H-pyrrole nitrogens is 1. The van der Waals surface area contributed by atoms with Crippen molar-refractivity contribution in [3.8, 4) is 16.9 Å². The molecule has 0 saturated heterocycles. The van der Waals surface area contributed by atoms with Crippen molar-refractivity contribution in [3.63, 3.8) is 0 Å². The minimum Gasteiger partial charge on any atom is -0.309 e. The van der Waals surface area contributed by atoms with Gasteiger partial charge in [-0.25, -0.2) is 0 Å². The van der Waals surface area contributed by atoms with Gasteiger partial charge < -0.3 is 4.57 Å². The monoisotopic (exact) mass is 482 g/mol. The molecule has 0 spiro atoms. The molecule has 1 aliphatic carbocycles. The molecule has 1 fully saturated rings. The van der Waals surface area contributed by atoms with Crippen molar-refractivity contribution in [2.75, 3.05) is 0 Å². The average molecular weight is 483 g/mol. The first-order valence-electron chi connectivity index (χ1n) is 13.3. The third-order valence-corrected chi connectivity index (χ3v) is 8.19. The topological polar surface area (TPSA) is 46.5 Å². The maximum Gasteiger partial charge on any atom is 0.0924 e. The molecule has 4 heteroatoms. The minimum absolute atomic E-state index is 0.0357. The largest absolute Gasteiger partial charge is 0.309 e. The number of fused-ring (bicyclic) bond motifs is 3. The number of hydrogen-bond acceptors (Lipinski definition) is 2. The van der Waals surface area contributed by atoms with Gasteiger partial charge in [0.25, 0.3) is 0 Å². The van der Waals surface area contributed by atoms with Crippen molar-refractivity contribution in [2.24, 2.45) is 0 Å². The molecule has 182 valence electrons. The Balaban J connectivity index is 1.46. The van der Waals surface area contributed by atoms with Crippen LogP contribution in [0.2, 0.25) is 0 Å². The fraction of sp³-hybridized carbons (Fsp3) is 0.212. The van der Waals surface area contributed by atoms with Gasteiger partial charge in [-0.05, 0) is 67.8 Å². The summed E-state index contributed by atoms with van der Waals surface area (Å²) in [6, 6.07) is 33.1. The molecular weight excluding hydrogens is 452 g/mol. The van der Waals surface area contributed by atoms with Crippen LogP contribution in [0.4, 0.5) is 0 Å². The summed E-state index contributed by atoms with van der Waals surface area (Å²) in [4.78, 5) is 4.87. The van der Waals surface area contributed by atoms with Gasteiger partial charge in [0.1, 0.15) is 0 Å². The summed E-state index contributed by atoms with van der Waals surface area (Å²) in [5.74, 6) is 0. The first-order chi connectivity index (χ1) is 18.2. The number of aromatic amines is 1. The number of rotatable bonds is 4. The van der Waals surface area contributed by atoms with Crippen molar-refractivity contribution in [2.45, 2.75) is 44.4 Å². The standard InChI is InChI=1S/C33H30N4/c1-23-20-29(36-35-23)24-15-16-28-27-12-3-4-13-30(27)37(31(28)21-24)26-11-9-10-25(22-26)33(17-6-2-7-18-33)32-14-5-8-19-34-32/h3-5,8-16,19-22H,2,6-7,17-18H2,1H3,(H,35,36). The molecule has 0 atom stereocenters. The molecule has 0 unspecified atom stereocenters. The van der Waals surface area contributed by atoms with Crippen molar-refractivity contribution < 1.29 is 0 Å². The summed E-state index contributed by atoms with van der Waals surface area (Å²) < 4.78 is 2.42. The van der Waals surface area contributed by atoms with Gasteiger partial charge in [-0.2, -0.15) is 5.10 Å². The second-order valence-electron chi connectivity index (χ2n) is 10.4. The predicted octanol–water partition coefficient (Wildman–Crippen LogP) is 8.13. The molecule has 4 nitrogen and oxygen atoms in total. The van der Waals surface area contributed by atoms with Crippen LogP contribution in [0.1, 0.15) is 49.1 Å². The van der Waals surface area contributed by atoms with E-state index in [9.17, 15) is 0 Å². The van der Waals surface area contributed by atoms with Gasteiger partial charge in [0, 0.05) is 39.3 Å². The number of aryl methyl sites for hydroxylation is 1. The zero-order chi connectivity index (χ0) is 24.8. The van der Waals surface area contributed by atoms with E-state index >= 15 is 0 Å². The quantitative estimate of drug-likeness (QED) is 0.276. The maximum absolute atomic E-state index is 4.87. The minimum atomic E-state index is -0.0357. The highest BCUT2D eigenvalue weighted by Gasteiger charge is 2.37. The Kier molecular flexibility index (Phi) is 5.21. The number of nitrogens with zero attached hydrogens (tertiary/aromatic N) is 3. The molecule has 0 radical (unpaired) electrons. The zero-order valence-corrected chi connectivity index (χ0v) is 21.1. The lowest BCUT2D eigenvalue weighted by Crippen LogP contribution is -2.31. The lowest BCUT2D eigenvalue weighted by atomic mass is 9.67. The predicted molar refractivity (Wildman–Crippen MR) is 151 cm³/mol. The highest BCUT2D eigenvalue weighted by atomic mass is 15.1. The number of para-hydroxylation sites is 1. The second kappa shape index (κ2) is 8.74. The summed E-state index contributed by atoms with van der Waals surface area (Å²) >= 11 is 0. The molecule has 1 N–H and O–H groups in total. The van der Waals surface area contributed by atoms with E-state index in [1.165, 1.54) is 58.0 Å². The first-order valence-corrected chi connectivity index (χ1v) is 13.3. The Morgan fingerprint density at radius 3 is 2.41 bits per heavy atom. The van der Waals surface area contributed by atoms with Crippen LogP contribution in [0.3, 0.4) is 0 Å². The second-order valence-corrected chi connectivity index (χ2v) is 10.4. The van der Waals surface area contributed by atoms with E-state index in [0.29, 0.717) is 0 Å². The Morgan fingerprint density at radius 2 is 1.59 bits per heavy atom. The summed E-state index contributed by atoms with van der Waals surface area (Å²) in [6.07, 6.45) is 8.01. The van der Waals surface area contributed by atoms with E-state index in [0.717, 1.165) is 29.8 Å². The van der Waals surface area contributed by atoms with E-state index in [1.807, 2.05) is 19.2 Å². The van der Waals surface area contributed by atoms with Gasteiger partial charge in [0.15, 0.2) is 0 Å².